The van der Waals surface area contributed by atoms with Gasteiger partial charge in [0.1, 0.15) is 0 Å². The summed E-state index contributed by atoms with van der Waals surface area (Å²) in [7, 11) is 1.91. The van der Waals surface area contributed by atoms with Gasteiger partial charge >= 0.3 is 0 Å². The molecule has 0 aromatic heterocycles. The van der Waals surface area contributed by atoms with Crippen LogP contribution in [0.2, 0.25) is 0 Å². The third kappa shape index (κ3) is 16.9. The molecule has 1 heterocycles. The number of rotatable bonds is 6. The summed E-state index contributed by atoms with van der Waals surface area (Å²) < 4.78 is 0. The maximum Gasteiger partial charge on any atom is 0.0107 e. The van der Waals surface area contributed by atoms with Gasteiger partial charge in [-0.25, -0.2) is 0 Å². The van der Waals surface area contributed by atoms with Crippen LogP contribution in [0.5, 0.6) is 0 Å². The molecular formula is C15H36N3Y-. The van der Waals surface area contributed by atoms with Crippen molar-refractivity contribution in [2.24, 2.45) is 5.92 Å². The zero-order valence-corrected chi connectivity index (χ0v) is 17.0. The van der Waals surface area contributed by atoms with Crippen LogP contribution < -0.4 is 5.32 Å². The van der Waals surface area contributed by atoms with Gasteiger partial charge in [0.2, 0.25) is 0 Å². The minimum absolute atomic E-state index is 0. The van der Waals surface area contributed by atoms with Crippen LogP contribution in [0.3, 0.4) is 0 Å². The number of nitrogens with one attached hydrogen (secondary N) is 1. The number of hydrogen-bond acceptors (Lipinski definition) is 2. The van der Waals surface area contributed by atoms with Gasteiger partial charge in [-0.3, -0.25) is 0 Å². The summed E-state index contributed by atoms with van der Waals surface area (Å²) in [5.41, 5.74) is 0. The predicted molar refractivity (Wildman–Crippen MR) is 84.6 cm³/mol. The first-order chi connectivity index (χ1) is 8.83. The first-order valence-corrected chi connectivity index (χ1v) is 7.81. The van der Waals surface area contributed by atoms with Gasteiger partial charge in [0.05, 0.1) is 0 Å². The van der Waals surface area contributed by atoms with Crippen LogP contribution in [-0.4, -0.2) is 51.2 Å². The predicted octanol–water partition coefficient (Wildman–Crippen LogP) is 3.36. The average Bonchev–Trinajstić information content (AvgIpc) is 2.48. The second kappa shape index (κ2) is 21.3. The fourth-order valence-electron chi connectivity index (χ4n) is 1.83. The summed E-state index contributed by atoms with van der Waals surface area (Å²) in [6.07, 6.45) is 2.58. The Hall–Kier alpha value is 0.984. The van der Waals surface area contributed by atoms with E-state index in [4.69, 9.17) is 0 Å². The van der Waals surface area contributed by atoms with Crippen molar-refractivity contribution in [3.05, 3.63) is 5.32 Å². The first kappa shape index (κ1) is 25.0. The molecule has 19 heavy (non-hydrogen) atoms. The first-order valence-electron chi connectivity index (χ1n) is 7.81. The summed E-state index contributed by atoms with van der Waals surface area (Å²) in [5, 5.41) is 7.53. The van der Waals surface area contributed by atoms with Crippen molar-refractivity contribution in [2.75, 3.05) is 46.3 Å². The van der Waals surface area contributed by atoms with E-state index < -0.39 is 0 Å². The Morgan fingerprint density at radius 2 is 1.58 bits per heavy atom. The average molecular weight is 347 g/mol. The van der Waals surface area contributed by atoms with E-state index >= 15 is 0 Å². The number of piperazine rings is 1. The normalized spacial score (nSPS) is 16.1. The van der Waals surface area contributed by atoms with Gasteiger partial charge in [0.25, 0.3) is 0 Å². The molecule has 0 saturated carbocycles. The smallest absolute Gasteiger partial charge is 0.0107 e. The van der Waals surface area contributed by atoms with E-state index in [1.807, 2.05) is 34.7 Å². The van der Waals surface area contributed by atoms with Crippen molar-refractivity contribution in [1.29, 1.82) is 0 Å². The Labute approximate surface area is 147 Å². The minimum atomic E-state index is 0. The summed E-state index contributed by atoms with van der Waals surface area (Å²) >= 11 is 0. The Morgan fingerprint density at radius 1 is 1.05 bits per heavy atom. The largest absolute Gasteiger partial charge is 0.665 e. The van der Waals surface area contributed by atoms with Crippen molar-refractivity contribution >= 4 is 0 Å². The molecule has 1 fully saturated rings. The fraction of sp³-hybridized carbons (Fsp3) is 1.00. The standard InChI is InChI=1S/C11H24N3.2C2H6.Y/c1-11(3-5-12-2)4-8-14-9-6-13-7-10-14;2*1-2;/h11,13H,3-10H2,1-2H3;2*1-2H3;/q-1;;;. The maximum atomic E-state index is 4.15. The molecule has 1 radical (unpaired) electrons. The third-order valence-electron chi connectivity index (χ3n) is 2.99. The zero-order chi connectivity index (χ0) is 14.2. The molecule has 115 valence electrons. The molecule has 1 saturated heterocycles. The molecule has 1 unspecified atom stereocenters. The monoisotopic (exact) mass is 347 g/mol. The van der Waals surface area contributed by atoms with Crippen LogP contribution in [0.4, 0.5) is 0 Å². The molecular weight excluding hydrogens is 311 g/mol. The van der Waals surface area contributed by atoms with Crippen LogP contribution in [0, 0.1) is 5.92 Å². The van der Waals surface area contributed by atoms with E-state index in [2.05, 4.69) is 22.5 Å². The van der Waals surface area contributed by atoms with Gasteiger partial charge in [-0.05, 0) is 18.9 Å². The summed E-state index contributed by atoms with van der Waals surface area (Å²) in [5.74, 6) is 0.827. The molecule has 1 atom stereocenters. The second-order valence-corrected chi connectivity index (χ2v) is 4.31. The van der Waals surface area contributed by atoms with E-state index in [-0.39, 0.29) is 32.7 Å². The summed E-state index contributed by atoms with van der Waals surface area (Å²) in [6, 6.07) is 0. The Balaban J connectivity index is -0.000000467. The van der Waals surface area contributed by atoms with E-state index in [9.17, 15) is 0 Å². The molecule has 1 aliphatic rings. The molecule has 0 bridgehead atoms. The van der Waals surface area contributed by atoms with Gasteiger partial charge < -0.3 is 15.5 Å². The molecule has 3 nitrogen and oxygen atoms in total. The van der Waals surface area contributed by atoms with Gasteiger partial charge in [-0.1, -0.05) is 41.0 Å². The summed E-state index contributed by atoms with van der Waals surface area (Å²) in [4.78, 5) is 2.57. The van der Waals surface area contributed by atoms with E-state index in [0.29, 0.717) is 0 Å². The van der Waals surface area contributed by atoms with Crippen molar-refractivity contribution in [1.82, 2.24) is 10.2 Å². The van der Waals surface area contributed by atoms with Gasteiger partial charge in [0, 0.05) is 58.9 Å². The SMILES string of the molecule is CC.CC.C[N-]CCC(C)CCN1CCNCC1.[Y]. The Kier molecular flexibility index (Phi) is 28.0. The van der Waals surface area contributed by atoms with Gasteiger partial charge in [-0.15, -0.1) is 6.54 Å². The Morgan fingerprint density at radius 3 is 2.05 bits per heavy atom. The molecule has 1 N–H and O–H groups in total. The number of hydrogen-bond donors (Lipinski definition) is 1. The number of nitrogens with zero attached hydrogens (tertiary/aromatic N) is 2. The maximum absolute atomic E-state index is 4.15. The molecule has 0 spiro atoms. The quantitative estimate of drug-likeness (QED) is 0.798. The van der Waals surface area contributed by atoms with Gasteiger partial charge in [-0.2, -0.15) is 7.05 Å². The van der Waals surface area contributed by atoms with Crippen molar-refractivity contribution in [3.63, 3.8) is 0 Å². The third-order valence-corrected chi connectivity index (χ3v) is 2.99. The molecule has 1 rings (SSSR count). The topological polar surface area (TPSA) is 29.4 Å². The van der Waals surface area contributed by atoms with Crippen LogP contribution in [0.25, 0.3) is 5.32 Å². The van der Waals surface area contributed by atoms with E-state index in [0.717, 1.165) is 12.5 Å². The molecule has 0 amide bonds. The molecule has 0 aromatic carbocycles. The van der Waals surface area contributed by atoms with Crippen molar-refractivity contribution < 1.29 is 32.7 Å². The van der Waals surface area contributed by atoms with Crippen molar-refractivity contribution in [3.8, 4) is 0 Å². The minimum Gasteiger partial charge on any atom is -0.665 e. The summed E-state index contributed by atoms with van der Waals surface area (Å²) in [6.45, 7) is 17.4. The van der Waals surface area contributed by atoms with Crippen LogP contribution in [0.1, 0.15) is 47.5 Å². The van der Waals surface area contributed by atoms with Crippen LogP contribution >= 0.6 is 0 Å². The Bertz CT molecular complexity index is 139. The second-order valence-electron chi connectivity index (χ2n) is 4.31. The van der Waals surface area contributed by atoms with E-state index in [1.165, 1.54) is 45.6 Å². The molecule has 1 aliphatic heterocycles. The van der Waals surface area contributed by atoms with Gasteiger partial charge in [0.15, 0.2) is 0 Å². The van der Waals surface area contributed by atoms with E-state index in [1.54, 1.807) is 0 Å². The molecule has 0 aliphatic carbocycles. The van der Waals surface area contributed by atoms with Crippen LogP contribution in [-0.2, 0) is 32.7 Å². The van der Waals surface area contributed by atoms with Crippen molar-refractivity contribution in [2.45, 2.75) is 47.5 Å². The molecule has 0 aromatic rings. The van der Waals surface area contributed by atoms with Crippen LogP contribution in [0.15, 0.2) is 0 Å². The molecule has 4 heteroatoms. The zero-order valence-electron chi connectivity index (χ0n) is 14.2. The fourth-order valence-corrected chi connectivity index (χ4v) is 1.83.